The van der Waals surface area contributed by atoms with E-state index in [4.69, 9.17) is 22.1 Å². The van der Waals surface area contributed by atoms with Gasteiger partial charge in [0.15, 0.2) is 5.05 Å². The molecule has 0 aromatic carbocycles. The van der Waals surface area contributed by atoms with Crippen molar-refractivity contribution in [1.82, 2.24) is 0 Å². The summed E-state index contributed by atoms with van der Waals surface area (Å²) in [5.41, 5.74) is 0. The maximum absolute atomic E-state index is 10.4. The Bertz CT molecular complexity index is 281. The highest BCUT2D eigenvalue weighted by Crippen LogP contribution is 2.10. The van der Waals surface area contributed by atoms with Crippen LogP contribution < -0.4 is 0 Å². The van der Waals surface area contributed by atoms with E-state index in [0.29, 0.717) is 6.61 Å². The molecule has 0 radical (unpaired) electrons. The van der Waals surface area contributed by atoms with Crippen LogP contribution in [0.5, 0.6) is 0 Å². The van der Waals surface area contributed by atoms with Gasteiger partial charge in [-0.25, -0.2) is 0 Å². The molecule has 124 valence electrons. The van der Waals surface area contributed by atoms with Crippen LogP contribution >= 0.6 is 12.2 Å². The fraction of sp³-hybridized carbons (Fsp3) is 0.875. The van der Waals surface area contributed by atoms with E-state index >= 15 is 0 Å². The number of rotatable bonds is 14. The number of aliphatic carboxylic acids is 1. The molecule has 1 atom stereocenters. The van der Waals surface area contributed by atoms with E-state index in [-0.39, 0.29) is 5.05 Å². The van der Waals surface area contributed by atoms with Gasteiger partial charge in [0.1, 0.15) is 6.10 Å². The van der Waals surface area contributed by atoms with Gasteiger partial charge in [0.2, 0.25) is 0 Å². The molecule has 0 heterocycles. The van der Waals surface area contributed by atoms with E-state index < -0.39 is 18.5 Å². The molecule has 0 saturated carbocycles. The van der Waals surface area contributed by atoms with E-state index in [2.05, 4.69) is 6.92 Å². The number of carboxylic acid groups (broad SMARTS) is 1. The van der Waals surface area contributed by atoms with Crippen LogP contribution in [0.4, 0.5) is 0 Å². The Kier molecular flexibility index (Phi) is 13.8. The number of carbonyl (C=O) groups is 1. The normalized spacial score (nSPS) is 12.1. The minimum atomic E-state index is -1.18. The Morgan fingerprint density at radius 1 is 1.00 bits per heavy atom. The molecule has 0 bridgehead atoms. The molecule has 4 nitrogen and oxygen atoms in total. The SMILES string of the molecule is CCCCCCCCCCCCOC(=S)C(O)CC(=O)O. The van der Waals surface area contributed by atoms with E-state index in [9.17, 15) is 9.90 Å². The van der Waals surface area contributed by atoms with Crippen molar-refractivity contribution in [3.05, 3.63) is 0 Å². The number of hydrogen-bond donors (Lipinski definition) is 2. The molecular weight excluding hydrogens is 288 g/mol. The van der Waals surface area contributed by atoms with Crippen LogP contribution in [-0.2, 0) is 9.53 Å². The number of aliphatic hydroxyl groups is 1. The average Bonchev–Trinajstić information content (AvgIpc) is 2.43. The first-order valence-electron chi connectivity index (χ1n) is 8.14. The minimum Gasteiger partial charge on any atom is -0.484 e. The molecule has 0 aliphatic heterocycles. The predicted octanol–water partition coefficient (Wildman–Crippen LogP) is 4.09. The number of thiocarbonyl (C=S) groups is 1. The number of ether oxygens (including phenoxy) is 1. The minimum absolute atomic E-state index is 0.00618. The van der Waals surface area contributed by atoms with Crippen LogP contribution in [0.25, 0.3) is 0 Å². The van der Waals surface area contributed by atoms with Gasteiger partial charge in [-0.15, -0.1) is 0 Å². The average molecular weight is 318 g/mol. The van der Waals surface area contributed by atoms with Crippen molar-refractivity contribution in [2.24, 2.45) is 0 Å². The molecule has 1 unspecified atom stereocenters. The maximum atomic E-state index is 10.4. The van der Waals surface area contributed by atoms with E-state index in [1.54, 1.807) is 0 Å². The molecule has 0 aromatic rings. The Labute approximate surface area is 133 Å². The fourth-order valence-electron chi connectivity index (χ4n) is 2.11. The maximum Gasteiger partial charge on any atom is 0.306 e. The second kappa shape index (κ2) is 14.3. The third-order valence-corrected chi connectivity index (χ3v) is 3.77. The first-order valence-corrected chi connectivity index (χ1v) is 8.55. The second-order valence-electron chi connectivity index (χ2n) is 5.46. The van der Waals surface area contributed by atoms with Crippen LogP contribution in [0, 0.1) is 0 Å². The molecule has 0 fully saturated rings. The number of hydrogen-bond acceptors (Lipinski definition) is 4. The first kappa shape index (κ1) is 20.3. The van der Waals surface area contributed by atoms with Crippen LogP contribution in [0.1, 0.15) is 77.6 Å². The van der Waals surface area contributed by atoms with Gasteiger partial charge in [-0.1, -0.05) is 64.7 Å². The molecule has 5 heteroatoms. The second-order valence-corrected chi connectivity index (χ2v) is 5.87. The van der Waals surface area contributed by atoms with Gasteiger partial charge in [-0.2, -0.15) is 0 Å². The van der Waals surface area contributed by atoms with Crippen molar-refractivity contribution >= 4 is 23.2 Å². The number of carboxylic acids is 1. The molecule has 2 N–H and O–H groups in total. The van der Waals surface area contributed by atoms with E-state index in [1.807, 2.05) is 0 Å². The summed E-state index contributed by atoms with van der Waals surface area (Å²) in [4.78, 5) is 10.4. The van der Waals surface area contributed by atoms with Crippen molar-refractivity contribution in [1.29, 1.82) is 0 Å². The summed E-state index contributed by atoms with van der Waals surface area (Å²) in [6, 6.07) is 0. The molecule has 0 rings (SSSR count). The van der Waals surface area contributed by atoms with Gasteiger partial charge in [-0.05, 0) is 18.6 Å². The Morgan fingerprint density at radius 3 is 1.95 bits per heavy atom. The van der Waals surface area contributed by atoms with E-state index in [1.165, 1.54) is 51.4 Å². The zero-order valence-electron chi connectivity index (χ0n) is 13.2. The molecule has 0 aliphatic carbocycles. The van der Waals surface area contributed by atoms with Crippen molar-refractivity contribution in [3.63, 3.8) is 0 Å². The van der Waals surface area contributed by atoms with Crippen LogP contribution in [-0.4, -0.2) is 33.9 Å². The molecule has 0 spiro atoms. The third kappa shape index (κ3) is 14.0. The summed E-state index contributed by atoms with van der Waals surface area (Å²) in [6.07, 6.45) is 10.9. The molecule has 0 amide bonds. The lowest BCUT2D eigenvalue weighted by Crippen LogP contribution is -2.24. The fourth-order valence-corrected chi connectivity index (χ4v) is 2.27. The van der Waals surface area contributed by atoms with Gasteiger partial charge < -0.3 is 14.9 Å². The number of unbranched alkanes of at least 4 members (excludes halogenated alkanes) is 9. The smallest absolute Gasteiger partial charge is 0.306 e. The van der Waals surface area contributed by atoms with Crippen LogP contribution in [0.2, 0.25) is 0 Å². The summed E-state index contributed by atoms with van der Waals surface area (Å²) in [5, 5.41) is 17.9. The molecule has 0 aliphatic rings. The van der Waals surface area contributed by atoms with Gasteiger partial charge in [0.05, 0.1) is 13.0 Å². The monoisotopic (exact) mass is 318 g/mol. The van der Waals surface area contributed by atoms with E-state index in [0.717, 1.165) is 12.8 Å². The van der Waals surface area contributed by atoms with Gasteiger partial charge in [0.25, 0.3) is 0 Å². The van der Waals surface area contributed by atoms with Gasteiger partial charge in [0, 0.05) is 0 Å². The highest BCUT2D eigenvalue weighted by atomic mass is 32.1. The predicted molar refractivity (Wildman–Crippen MR) is 88.7 cm³/mol. The third-order valence-electron chi connectivity index (χ3n) is 3.38. The molecule has 0 saturated heterocycles. The zero-order chi connectivity index (χ0) is 15.9. The quantitative estimate of drug-likeness (QED) is 0.373. The summed E-state index contributed by atoms with van der Waals surface area (Å²) < 4.78 is 5.19. The topological polar surface area (TPSA) is 66.8 Å². The highest BCUT2D eigenvalue weighted by molar-refractivity contribution is 7.80. The van der Waals surface area contributed by atoms with Crippen LogP contribution in [0.15, 0.2) is 0 Å². The summed E-state index contributed by atoms with van der Waals surface area (Å²) in [7, 11) is 0. The number of aliphatic hydroxyl groups excluding tert-OH is 1. The van der Waals surface area contributed by atoms with Crippen molar-refractivity contribution in [2.75, 3.05) is 6.61 Å². The Balaban J connectivity index is 3.28. The summed E-state index contributed by atoms with van der Waals surface area (Å²) in [6.45, 7) is 2.69. The van der Waals surface area contributed by atoms with Crippen molar-refractivity contribution < 1.29 is 19.7 Å². The first-order chi connectivity index (χ1) is 10.1. The summed E-state index contributed by atoms with van der Waals surface area (Å²) in [5.74, 6) is -1.08. The van der Waals surface area contributed by atoms with Crippen molar-refractivity contribution in [2.45, 2.75) is 83.7 Å². The largest absolute Gasteiger partial charge is 0.484 e. The highest BCUT2D eigenvalue weighted by Gasteiger charge is 2.15. The van der Waals surface area contributed by atoms with Crippen LogP contribution in [0.3, 0.4) is 0 Å². The molecule has 0 aromatic heterocycles. The van der Waals surface area contributed by atoms with Crippen molar-refractivity contribution in [3.8, 4) is 0 Å². The molecule has 21 heavy (non-hydrogen) atoms. The Hall–Kier alpha value is -0.680. The zero-order valence-corrected chi connectivity index (χ0v) is 14.0. The van der Waals surface area contributed by atoms with Gasteiger partial charge in [-0.3, -0.25) is 4.79 Å². The molecular formula is C16H30O4S. The standard InChI is InChI=1S/C16H30O4S/c1-2-3-4-5-6-7-8-9-10-11-12-20-16(21)14(17)13-15(18)19/h14,17H,2-13H2,1H3,(H,18,19). The lowest BCUT2D eigenvalue weighted by Gasteiger charge is -2.11. The van der Waals surface area contributed by atoms with Gasteiger partial charge >= 0.3 is 5.97 Å². The Morgan fingerprint density at radius 2 is 1.48 bits per heavy atom. The summed E-state index contributed by atoms with van der Waals surface area (Å²) >= 11 is 4.83. The lowest BCUT2D eigenvalue weighted by atomic mass is 10.1. The lowest BCUT2D eigenvalue weighted by molar-refractivity contribution is -0.138.